The van der Waals surface area contributed by atoms with E-state index in [0.29, 0.717) is 5.69 Å². The Kier molecular flexibility index (Phi) is 3.39. The quantitative estimate of drug-likeness (QED) is 0.694. The standard InChI is InChI=1S/C17H14N2O3/c1-18-16(20)15-9-13-12(3-2-4-14(13)19-15)10-5-7-11(8-6-10)17(21)22/h2-9,19H,1H3,(H,18,20)(H,21,22). The van der Waals surface area contributed by atoms with Crippen molar-refractivity contribution in [3.63, 3.8) is 0 Å². The zero-order valence-corrected chi connectivity index (χ0v) is 11.9. The fourth-order valence-electron chi connectivity index (χ4n) is 2.46. The van der Waals surface area contributed by atoms with Gasteiger partial charge >= 0.3 is 5.97 Å². The Morgan fingerprint density at radius 3 is 2.45 bits per heavy atom. The lowest BCUT2D eigenvalue weighted by molar-refractivity contribution is 0.0696. The van der Waals surface area contributed by atoms with E-state index >= 15 is 0 Å². The minimum atomic E-state index is -0.951. The van der Waals surface area contributed by atoms with E-state index in [1.807, 2.05) is 18.2 Å². The van der Waals surface area contributed by atoms with Gasteiger partial charge in [-0.15, -0.1) is 0 Å². The molecule has 5 heteroatoms. The van der Waals surface area contributed by atoms with Gasteiger partial charge in [-0.25, -0.2) is 4.79 Å². The van der Waals surface area contributed by atoms with Crippen molar-refractivity contribution in [2.45, 2.75) is 0 Å². The molecule has 3 N–H and O–H groups in total. The molecule has 0 aliphatic carbocycles. The highest BCUT2D eigenvalue weighted by Crippen LogP contribution is 2.29. The smallest absolute Gasteiger partial charge is 0.335 e. The van der Waals surface area contributed by atoms with Crippen molar-refractivity contribution < 1.29 is 14.7 Å². The van der Waals surface area contributed by atoms with Crippen molar-refractivity contribution in [1.29, 1.82) is 0 Å². The molecule has 0 aliphatic heterocycles. The second-order valence-electron chi connectivity index (χ2n) is 4.91. The number of carboxylic acid groups (broad SMARTS) is 1. The van der Waals surface area contributed by atoms with Crippen molar-refractivity contribution >= 4 is 22.8 Å². The molecule has 2 aromatic carbocycles. The molecule has 5 nitrogen and oxygen atoms in total. The van der Waals surface area contributed by atoms with E-state index in [4.69, 9.17) is 5.11 Å². The van der Waals surface area contributed by atoms with Gasteiger partial charge in [0.2, 0.25) is 0 Å². The first-order chi connectivity index (χ1) is 10.6. The highest BCUT2D eigenvalue weighted by Gasteiger charge is 2.11. The molecule has 110 valence electrons. The van der Waals surface area contributed by atoms with Gasteiger partial charge in [0.25, 0.3) is 5.91 Å². The number of nitrogens with one attached hydrogen (secondary N) is 2. The van der Waals surface area contributed by atoms with Gasteiger partial charge in [0.1, 0.15) is 5.69 Å². The van der Waals surface area contributed by atoms with Gasteiger partial charge in [0.15, 0.2) is 0 Å². The van der Waals surface area contributed by atoms with Crippen LogP contribution in [-0.4, -0.2) is 29.0 Å². The second kappa shape index (κ2) is 5.37. The van der Waals surface area contributed by atoms with Gasteiger partial charge in [-0.1, -0.05) is 24.3 Å². The highest BCUT2D eigenvalue weighted by atomic mass is 16.4. The van der Waals surface area contributed by atoms with E-state index in [0.717, 1.165) is 22.0 Å². The Balaban J connectivity index is 2.12. The number of carbonyl (C=O) groups excluding carboxylic acids is 1. The number of hydrogen-bond acceptors (Lipinski definition) is 2. The lowest BCUT2D eigenvalue weighted by Crippen LogP contribution is -2.17. The van der Waals surface area contributed by atoms with Crippen LogP contribution in [0.2, 0.25) is 0 Å². The van der Waals surface area contributed by atoms with Gasteiger partial charge in [-0.2, -0.15) is 0 Å². The normalized spacial score (nSPS) is 10.6. The molecule has 0 fully saturated rings. The number of aromatic amines is 1. The molecular formula is C17H14N2O3. The maximum atomic E-state index is 11.7. The summed E-state index contributed by atoms with van der Waals surface area (Å²) in [6.07, 6.45) is 0. The Morgan fingerprint density at radius 2 is 1.82 bits per heavy atom. The fraction of sp³-hybridized carbons (Fsp3) is 0.0588. The molecule has 0 bridgehead atoms. The third-order valence-corrected chi connectivity index (χ3v) is 3.58. The average molecular weight is 294 g/mol. The molecule has 0 spiro atoms. The molecule has 3 rings (SSSR count). The first-order valence-electron chi connectivity index (χ1n) is 6.77. The molecule has 0 atom stereocenters. The number of benzene rings is 2. The van der Waals surface area contributed by atoms with Crippen LogP contribution < -0.4 is 5.32 Å². The lowest BCUT2D eigenvalue weighted by atomic mass is 10.0. The van der Waals surface area contributed by atoms with Crippen LogP contribution in [0.5, 0.6) is 0 Å². The van der Waals surface area contributed by atoms with E-state index in [1.54, 1.807) is 37.4 Å². The molecule has 1 amide bonds. The second-order valence-corrected chi connectivity index (χ2v) is 4.91. The first-order valence-corrected chi connectivity index (χ1v) is 6.77. The van der Waals surface area contributed by atoms with E-state index in [-0.39, 0.29) is 11.5 Å². The van der Waals surface area contributed by atoms with Crippen LogP contribution in [0, 0.1) is 0 Å². The molecule has 0 saturated carbocycles. The maximum absolute atomic E-state index is 11.7. The van der Waals surface area contributed by atoms with Crippen molar-refractivity contribution in [3.8, 4) is 11.1 Å². The Labute approximate surface area is 126 Å². The van der Waals surface area contributed by atoms with Crippen molar-refractivity contribution in [2.75, 3.05) is 7.05 Å². The number of aromatic nitrogens is 1. The Morgan fingerprint density at radius 1 is 1.09 bits per heavy atom. The SMILES string of the molecule is CNC(=O)c1cc2c(-c3ccc(C(=O)O)cc3)cccc2[nH]1. The third kappa shape index (κ3) is 2.33. The predicted octanol–water partition coefficient (Wildman–Crippen LogP) is 2.89. The number of aromatic carboxylic acids is 1. The van der Waals surface area contributed by atoms with Gasteiger partial charge in [-0.05, 0) is 35.4 Å². The van der Waals surface area contributed by atoms with Gasteiger partial charge < -0.3 is 15.4 Å². The predicted molar refractivity (Wildman–Crippen MR) is 84.1 cm³/mol. The van der Waals surface area contributed by atoms with Crippen LogP contribution in [0.4, 0.5) is 0 Å². The van der Waals surface area contributed by atoms with Crippen LogP contribution in [0.15, 0.2) is 48.5 Å². The number of H-pyrrole nitrogens is 1. The van der Waals surface area contributed by atoms with Crippen LogP contribution in [0.3, 0.4) is 0 Å². The minimum absolute atomic E-state index is 0.177. The summed E-state index contributed by atoms with van der Waals surface area (Å²) in [5.41, 5.74) is 3.44. The summed E-state index contributed by atoms with van der Waals surface area (Å²) >= 11 is 0. The summed E-state index contributed by atoms with van der Waals surface area (Å²) in [7, 11) is 1.58. The summed E-state index contributed by atoms with van der Waals surface area (Å²) in [4.78, 5) is 25.7. The van der Waals surface area contributed by atoms with Crippen LogP contribution in [0.1, 0.15) is 20.8 Å². The first kappa shape index (κ1) is 13.9. The van der Waals surface area contributed by atoms with Crippen LogP contribution >= 0.6 is 0 Å². The fourth-order valence-corrected chi connectivity index (χ4v) is 2.46. The highest BCUT2D eigenvalue weighted by molar-refractivity contribution is 6.03. The third-order valence-electron chi connectivity index (χ3n) is 3.58. The zero-order valence-electron chi connectivity index (χ0n) is 11.9. The monoisotopic (exact) mass is 294 g/mol. The largest absolute Gasteiger partial charge is 0.478 e. The lowest BCUT2D eigenvalue weighted by Gasteiger charge is -2.04. The van der Waals surface area contributed by atoms with E-state index in [1.165, 1.54) is 0 Å². The summed E-state index contributed by atoms with van der Waals surface area (Å²) < 4.78 is 0. The van der Waals surface area contributed by atoms with Crippen LogP contribution in [0.25, 0.3) is 22.0 Å². The zero-order chi connectivity index (χ0) is 15.7. The maximum Gasteiger partial charge on any atom is 0.335 e. The van der Waals surface area contributed by atoms with Gasteiger partial charge in [-0.3, -0.25) is 4.79 Å². The summed E-state index contributed by atoms with van der Waals surface area (Å²) in [5.74, 6) is -1.13. The number of hydrogen-bond donors (Lipinski definition) is 3. The van der Waals surface area contributed by atoms with E-state index < -0.39 is 5.97 Å². The minimum Gasteiger partial charge on any atom is -0.478 e. The van der Waals surface area contributed by atoms with E-state index in [2.05, 4.69) is 10.3 Å². The van der Waals surface area contributed by atoms with Gasteiger partial charge in [0, 0.05) is 18.0 Å². The number of fused-ring (bicyclic) bond motifs is 1. The number of carbonyl (C=O) groups is 2. The topological polar surface area (TPSA) is 82.2 Å². The average Bonchev–Trinajstić information content (AvgIpc) is 2.98. The van der Waals surface area contributed by atoms with Crippen LogP contribution in [-0.2, 0) is 0 Å². The molecule has 1 heterocycles. The Hall–Kier alpha value is -3.08. The van der Waals surface area contributed by atoms with Crippen molar-refractivity contribution in [1.82, 2.24) is 10.3 Å². The summed E-state index contributed by atoms with van der Waals surface area (Å²) in [5, 5.41) is 12.5. The Bertz CT molecular complexity index is 863. The number of amides is 1. The molecular weight excluding hydrogens is 280 g/mol. The molecule has 0 radical (unpaired) electrons. The molecule has 0 aliphatic rings. The molecule has 0 unspecified atom stereocenters. The van der Waals surface area contributed by atoms with Crippen molar-refractivity contribution in [2.24, 2.45) is 0 Å². The molecule has 3 aromatic rings. The molecule has 22 heavy (non-hydrogen) atoms. The van der Waals surface area contributed by atoms with Gasteiger partial charge in [0.05, 0.1) is 5.56 Å². The van der Waals surface area contributed by atoms with Crippen molar-refractivity contribution in [3.05, 3.63) is 59.8 Å². The molecule has 0 saturated heterocycles. The number of carboxylic acids is 1. The molecule has 1 aromatic heterocycles. The van der Waals surface area contributed by atoms with E-state index in [9.17, 15) is 9.59 Å². The number of rotatable bonds is 3. The summed E-state index contributed by atoms with van der Waals surface area (Å²) in [6.45, 7) is 0. The summed E-state index contributed by atoms with van der Waals surface area (Å²) in [6, 6.07) is 14.2.